The quantitative estimate of drug-likeness (QED) is 0.397. The Morgan fingerprint density at radius 3 is 2.78 bits per heavy atom. The lowest BCUT2D eigenvalue weighted by Crippen LogP contribution is -2.78. The van der Waals surface area contributed by atoms with Crippen molar-refractivity contribution >= 4 is 10.9 Å². The summed E-state index contributed by atoms with van der Waals surface area (Å²) in [6.07, 6.45) is 2.59. The summed E-state index contributed by atoms with van der Waals surface area (Å²) in [5.74, 6) is 0.880. The van der Waals surface area contributed by atoms with Crippen LogP contribution >= 0.6 is 0 Å². The Kier molecular flexibility index (Phi) is 4.10. The molecule has 4 aliphatic rings. The van der Waals surface area contributed by atoms with Crippen molar-refractivity contribution < 1.29 is 14.6 Å². The van der Waals surface area contributed by atoms with Crippen LogP contribution in [0.15, 0.2) is 60.7 Å². The summed E-state index contributed by atoms with van der Waals surface area (Å²) >= 11 is 0. The van der Waals surface area contributed by atoms with E-state index in [0.717, 1.165) is 37.0 Å². The first-order chi connectivity index (χ1) is 17.9. The minimum atomic E-state index is -0.693. The summed E-state index contributed by atoms with van der Waals surface area (Å²) in [5, 5.41) is 12.3. The molecular formula is C32H32N2O3. The molecule has 188 valence electrons. The molecule has 0 unspecified atom stereocenters. The number of aryl methyl sites for hydroxylation is 1. The van der Waals surface area contributed by atoms with Crippen LogP contribution in [-0.4, -0.2) is 40.2 Å². The number of phenolic OH excluding ortho intramolecular Hbond substituents is 1. The fourth-order valence-corrected chi connectivity index (χ4v) is 8.58. The van der Waals surface area contributed by atoms with Gasteiger partial charge in [-0.1, -0.05) is 48.5 Å². The number of para-hydroxylation sites is 1. The van der Waals surface area contributed by atoms with Crippen LogP contribution in [0, 0.1) is 6.92 Å². The molecule has 4 atom stereocenters. The van der Waals surface area contributed by atoms with Gasteiger partial charge in [0.05, 0.1) is 17.7 Å². The molecule has 1 spiro atoms. The van der Waals surface area contributed by atoms with Crippen molar-refractivity contribution in [2.45, 2.75) is 62.4 Å². The zero-order chi connectivity index (χ0) is 25.2. The summed E-state index contributed by atoms with van der Waals surface area (Å²) < 4.78 is 14.4. The Balaban J connectivity index is 1.45. The molecule has 3 heterocycles. The van der Waals surface area contributed by atoms with E-state index in [1.54, 1.807) is 0 Å². The number of aromatic hydroxyl groups is 1. The van der Waals surface area contributed by atoms with E-state index in [-0.39, 0.29) is 11.8 Å². The summed E-state index contributed by atoms with van der Waals surface area (Å²) in [5.41, 5.74) is 6.85. The highest BCUT2D eigenvalue weighted by Gasteiger charge is 2.78. The maximum Gasteiger partial charge on any atom is 0.166 e. The van der Waals surface area contributed by atoms with Crippen molar-refractivity contribution in [3.63, 3.8) is 0 Å². The van der Waals surface area contributed by atoms with Crippen molar-refractivity contribution in [2.75, 3.05) is 13.6 Å². The van der Waals surface area contributed by atoms with Crippen molar-refractivity contribution in [1.29, 1.82) is 0 Å². The van der Waals surface area contributed by atoms with Gasteiger partial charge < -0.3 is 24.5 Å². The smallest absolute Gasteiger partial charge is 0.166 e. The van der Waals surface area contributed by atoms with E-state index in [4.69, 9.17) is 9.47 Å². The van der Waals surface area contributed by atoms with E-state index < -0.39 is 16.6 Å². The third-order valence-corrected chi connectivity index (χ3v) is 10.3. The maximum absolute atomic E-state index is 11.1. The second kappa shape index (κ2) is 6.97. The Bertz CT molecular complexity index is 1610. The van der Waals surface area contributed by atoms with Crippen LogP contribution in [0.3, 0.4) is 0 Å². The first-order valence-electron chi connectivity index (χ1n) is 13.4. The summed E-state index contributed by atoms with van der Waals surface area (Å²) in [6.45, 7) is 5.91. The zero-order valence-corrected chi connectivity index (χ0v) is 21.6. The predicted octanol–water partition coefficient (Wildman–Crippen LogP) is 5.50. The van der Waals surface area contributed by atoms with Crippen LogP contribution in [0.25, 0.3) is 10.9 Å². The number of hydrogen-bond acceptors (Lipinski definition) is 4. The van der Waals surface area contributed by atoms with Crippen molar-refractivity contribution in [3.05, 3.63) is 94.2 Å². The number of aromatic nitrogens is 1. The number of hydrogen-bond donors (Lipinski definition) is 2. The topological polar surface area (TPSA) is 57.7 Å². The number of benzene rings is 3. The summed E-state index contributed by atoms with van der Waals surface area (Å²) in [6, 6.07) is 21.2. The number of likely N-dealkylation sites (tertiary alicyclic amines) is 1. The fourth-order valence-electron chi connectivity index (χ4n) is 8.58. The third-order valence-electron chi connectivity index (χ3n) is 10.3. The highest BCUT2D eigenvalue weighted by atomic mass is 16.5. The Morgan fingerprint density at radius 1 is 1.11 bits per heavy atom. The van der Waals surface area contributed by atoms with Gasteiger partial charge in [-0.2, -0.15) is 0 Å². The minimum absolute atomic E-state index is 0.193. The minimum Gasteiger partial charge on any atom is -0.504 e. The third kappa shape index (κ3) is 2.39. The lowest BCUT2D eigenvalue weighted by molar-refractivity contribution is -0.228. The number of piperidine rings is 1. The van der Waals surface area contributed by atoms with Crippen LogP contribution < -0.4 is 4.74 Å². The highest BCUT2D eigenvalue weighted by molar-refractivity contribution is 5.86. The highest BCUT2D eigenvalue weighted by Crippen LogP contribution is 2.72. The molecule has 0 amide bonds. The van der Waals surface area contributed by atoms with Crippen molar-refractivity contribution in [2.24, 2.45) is 0 Å². The SMILES string of the molecule is Cc1ccccc1CO[C@@]12Cc3c([nH]c4ccccc34)[C@]3(C)Oc4c(O)ccc5c4[C@@]31CCN(C)[C@H]2C5. The molecule has 5 heteroatoms. The van der Waals surface area contributed by atoms with Gasteiger partial charge in [0.1, 0.15) is 5.60 Å². The van der Waals surface area contributed by atoms with Gasteiger partial charge in [-0.25, -0.2) is 0 Å². The second-order valence-electron chi connectivity index (χ2n) is 11.7. The number of rotatable bonds is 3. The van der Waals surface area contributed by atoms with Gasteiger partial charge in [-0.3, -0.25) is 0 Å². The number of aromatic amines is 1. The van der Waals surface area contributed by atoms with Crippen molar-refractivity contribution in [1.82, 2.24) is 9.88 Å². The van der Waals surface area contributed by atoms with Gasteiger partial charge in [-0.05, 0) is 74.7 Å². The van der Waals surface area contributed by atoms with Crippen LogP contribution in [0.2, 0.25) is 0 Å². The molecule has 8 rings (SSSR count). The molecule has 0 radical (unpaired) electrons. The van der Waals surface area contributed by atoms with Crippen LogP contribution in [0.5, 0.6) is 11.5 Å². The van der Waals surface area contributed by atoms with E-state index in [1.165, 1.54) is 33.2 Å². The van der Waals surface area contributed by atoms with Gasteiger partial charge in [-0.15, -0.1) is 0 Å². The Hall–Kier alpha value is -3.28. The molecule has 1 fully saturated rings. The van der Waals surface area contributed by atoms with E-state index in [9.17, 15) is 5.11 Å². The number of ether oxygens (including phenoxy) is 2. The number of nitrogens with one attached hydrogen (secondary N) is 1. The van der Waals surface area contributed by atoms with E-state index >= 15 is 0 Å². The zero-order valence-electron chi connectivity index (χ0n) is 21.6. The van der Waals surface area contributed by atoms with Gasteiger partial charge in [0.15, 0.2) is 17.1 Å². The molecule has 4 aromatic rings. The Labute approximate surface area is 217 Å². The number of likely N-dealkylation sites (N-methyl/N-ethyl adjacent to an activating group) is 1. The molecule has 2 aliphatic heterocycles. The van der Waals surface area contributed by atoms with Crippen LogP contribution in [0.1, 0.15) is 46.9 Å². The van der Waals surface area contributed by atoms with E-state index in [2.05, 4.69) is 85.4 Å². The van der Waals surface area contributed by atoms with Gasteiger partial charge in [0.25, 0.3) is 0 Å². The average molecular weight is 493 g/mol. The molecule has 1 aromatic heterocycles. The molecule has 0 saturated carbocycles. The van der Waals surface area contributed by atoms with Gasteiger partial charge in [0.2, 0.25) is 0 Å². The molecule has 3 aromatic carbocycles. The maximum atomic E-state index is 11.1. The lowest BCUT2D eigenvalue weighted by atomic mass is 9.45. The van der Waals surface area contributed by atoms with Gasteiger partial charge >= 0.3 is 0 Å². The molecule has 2 N–H and O–H groups in total. The summed E-state index contributed by atoms with van der Waals surface area (Å²) in [7, 11) is 2.25. The van der Waals surface area contributed by atoms with E-state index in [0.29, 0.717) is 12.4 Å². The Morgan fingerprint density at radius 2 is 1.92 bits per heavy atom. The second-order valence-corrected chi connectivity index (χ2v) is 11.7. The van der Waals surface area contributed by atoms with Crippen LogP contribution in [0.4, 0.5) is 0 Å². The largest absolute Gasteiger partial charge is 0.504 e. The molecule has 1 saturated heterocycles. The first-order valence-corrected chi connectivity index (χ1v) is 13.4. The van der Waals surface area contributed by atoms with Gasteiger partial charge in [0, 0.05) is 28.9 Å². The van der Waals surface area contributed by atoms with Crippen LogP contribution in [-0.2, 0) is 35.2 Å². The number of nitrogens with zero attached hydrogens (tertiary/aromatic N) is 1. The molecule has 37 heavy (non-hydrogen) atoms. The number of H-pyrrole nitrogens is 1. The van der Waals surface area contributed by atoms with E-state index in [1.807, 2.05) is 6.07 Å². The monoisotopic (exact) mass is 492 g/mol. The molecule has 2 bridgehead atoms. The molecule has 2 aliphatic carbocycles. The standard InChI is InChI=1S/C32H32N2O3/c1-19-8-4-5-9-21(19)18-36-32-17-23-22-10-6-7-11-24(22)33-29(23)30(2)31(32)14-15-34(3)26(32)16-20-12-13-25(35)28(37-30)27(20)31/h4-13,26,33,35H,14-18H2,1-3H3/t26-,30-,31-,32+/m0/s1. The molecule has 5 nitrogen and oxygen atoms in total. The summed E-state index contributed by atoms with van der Waals surface area (Å²) in [4.78, 5) is 6.29. The first kappa shape index (κ1) is 21.8. The number of fused-ring (bicyclic) bond motifs is 4. The lowest BCUT2D eigenvalue weighted by Gasteiger charge is -2.66. The molecular weight excluding hydrogens is 460 g/mol. The predicted molar refractivity (Wildman–Crippen MR) is 143 cm³/mol. The number of phenols is 1. The fraction of sp³-hybridized carbons (Fsp3) is 0.375. The van der Waals surface area contributed by atoms with Crippen molar-refractivity contribution in [3.8, 4) is 11.5 Å². The average Bonchev–Trinajstić information content (AvgIpc) is 3.40. The normalized spacial score (nSPS) is 31.2.